The number of hydrogen-bond acceptors (Lipinski definition) is 4. The Balaban J connectivity index is 1.94. The van der Waals surface area contributed by atoms with Crippen LogP contribution in [0.15, 0.2) is 35.0 Å². The van der Waals surface area contributed by atoms with Gasteiger partial charge in [-0.25, -0.2) is 0 Å². The van der Waals surface area contributed by atoms with E-state index in [2.05, 4.69) is 32.9 Å². The summed E-state index contributed by atoms with van der Waals surface area (Å²) in [5, 5.41) is 5.17. The van der Waals surface area contributed by atoms with E-state index in [1.807, 2.05) is 26.1 Å². The first-order valence-electron chi connectivity index (χ1n) is 6.78. The van der Waals surface area contributed by atoms with E-state index in [1.165, 1.54) is 5.39 Å². The molecule has 2 aromatic heterocycles. The van der Waals surface area contributed by atoms with Crippen molar-refractivity contribution >= 4 is 10.9 Å². The highest BCUT2D eigenvalue weighted by Gasteiger charge is 2.11. The minimum absolute atomic E-state index is 0.276. The molecule has 0 atom stereocenters. The Hall–Kier alpha value is -2.14. The fourth-order valence-corrected chi connectivity index (χ4v) is 2.32. The second-order valence-electron chi connectivity index (χ2n) is 5.20. The number of benzene rings is 1. The lowest BCUT2D eigenvalue weighted by molar-refractivity contribution is 0.366. The summed E-state index contributed by atoms with van der Waals surface area (Å²) in [6.45, 7) is 5.22. The Morgan fingerprint density at radius 2 is 2.15 bits per heavy atom. The lowest BCUT2D eigenvalue weighted by Gasteiger charge is -2.03. The van der Waals surface area contributed by atoms with Gasteiger partial charge in [-0.05, 0) is 17.7 Å². The SMILES string of the molecule is CC(C)c1noc(Cn2ccc3c(CN)cccc32)n1. The van der Waals surface area contributed by atoms with Crippen LogP contribution in [0.3, 0.4) is 0 Å². The average molecular weight is 270 g/mol. The molecule has 0 amide bonds. The average Bonchev–Trinajstić information content (AvgIpc) is 3.06. The van der Waals surface area contributed by atoms with Gasteiger partial charge in [0, 0.05) is 29.6 Å². The summed E-state index contributed by atoms with van der Waals surface area (Å²) >= 11 is 0. The van der Waals surface area contributed by atoms with Gasteiger partial charge < -0.3 is 14.8 Å². The van der Waals surface area contributed by atoms with Gasteiger partial charge in [0.05, 0.1) is 0 Å². The van der Waals surface area contributed by atoms with Crippen LogP contribution in [-0.4, -0.2) is 14.7 Å². The molecule has 5 heteroatoms. The molecule has 1 aromatic carbocycles. The van der Waals surface area contributed by atoms with Crippen LogP contribution in [0.2, 0.25) is 0 Å². The second-order valence-corrected chi connectivity index (χ2v) is 5.20. The van der Waals surface area contributed by atoms with Gasteiger partial charge in [-0.1, -0.05) is 31.1 Å². The minimum atomic E-state index is 0.276. The van der Waals surface area contributed by atoms with Crippen LogP contribution in [0.25, 0.3) is 10.9 Å². The maximum atomic E-state index is 5.76. The summed E-state index contributed by atoms with van der Waals surface area (Å²) in [5.41, 5.74) is 8.05. The van der Waals surface area contributed by atoms with Gasteiger partial charge in [0.25, 0.3) is 0 Å². The number of fused-ring (bicyclic) bond motifs is 1. The van der Waals surface area contributed by atoms with Crippen molar-refractivity contribution in [2.45, 2.75) is 32.9 Å². The molecule has 0 fully saturated rings. The van der Waals surface area contributed by atoms with Crippen LogP contribution >= 0.6 is 0 Å². The topological polar surface area (TPSA) is 69.9 Å². The molecule has 0 aliphatic carbocycles. The Morgan fingerprint density at radius 3 is 2.85 bits per heavy atom. The Morgan fingerprint density at radius 1 is 1.30 bits per heavy atom. The lowest BCUT2D eigenvalue weighted by Crippen LogP contribution is -2.00. The molecule has 3 rings (SSSR count). The summed E-state index contributed by atoms with van der Waals surface area (Å²) in [4.78, 5) is 4.41. The molecule has 5 nitrogen and oxygen atoms in total. The molecule has 0 aliphatic rings. The van der Waals surface area contributed by atoms with Crippen LogP contribution in [0.4, 0.5) is 0 Å². The highest BCUT2D eigenvalue weighted by molar-refractivity contribution is 5.83. The minimum Gasteiger partial charge on any atom is -0.338 e. The van der Waals surface area contributed by atoms with E-state index in [0.717, 1.165) is 16.9 Å². The Labute approximate surface area is 117 Å². The van der Waals surface area contributed by atoms with Crippen molar-refractivity contribution in [2.24, 2.45) is 5.73 Å². The number of rotatable bonds is 4. The maximum Gasteiger partial charge on any atom is 0.246 e. The van der Waals surface area contributed by atoms with Crippen LogP contribution in [0, 0.1) is 0 Å². The third-order valence-corrected chi connectivity index (χ3v) is 3.43. The monoisotopic (exact) mass is 270 g/mol. The van der Waals surface area contributed by atoms with E-state index < -0.39 is 0 Å². The quantitative estimate of drug-likeness (QED) is 0.791. The van der Waals surface area contributed by atoms with Crippen LogP contribution < -0.4 is 5.73 Å². The van der Waals surface area contributed by atoms with Crippen molar-refractivity contribution < 1.29 is 4.52 Å². The van der Waals surface area contributed by atoms with Gasteiger partial charge in [-0.3, -0.25) is 0 Å². The second kappa shape index (κ2) is 5.09. The number of nitrogens with two attached hydrogens (primary N) is 1. The van der Waals surface area contributed by atoms with Crippen molar-refractivity contribution in [1.29, 1.82) is 0 Å². The first kappa shape index (κ1) is 12.9. The molecule has 20 heavy (non-hydrogen) atoms. The summed E-state index contributed by atoms with van der Waals surface area (Å²) in [6.07, 6.45) is 2.03. The Bertz CT molecular complexity index is 726. The van der Waals surface area contributed by atoms with E-state index in [1.54, 1.807) is 0 Å². The molecule has 0 bridgehead atoms. The fourth-order valence-electron chi connectivity index (χ4n) is 2.32. The van der Waals surface area contributed by atoms with Crippen molar-refractivity contribution in [3.63, 3.8) is 0 Å². The third-order valence-electron chi connectivity index (χ3n) is 3.43. The largest absolute Gasteiger partial charge is 0.338 e. The smallest absolute Gasteiger partial charge is 0.246 e. The van der Waals surface area contributed by atoms with E-state index in [4.69, 9.17) is 10.3 Å². The maximum absolute atomic E-state index is 5.76. The highest BCUT2D eigenvalue weighted by atomic mass is 16.5. The van der Waals surface area contributed by atoms with Gasteiger partial charge in [-0.2, -0.15) is 4.98 Å². The van der Waals surface area contributed by atoms with E-state index in [-0.39, 0.29) is 5.92 Å². The van der Waals surface area contributed by atoms with Crippen LogP contribution in [0.1, 0.15) is 37.0 Å². The molecular weight excluding hydrogens is 252 g/mol. The zero-order chi connectivity index (χ0) is 14.1. The normalized spacial score (nSPS) is 11.6. The van der Waals surface area contributed by atoms with E-state index in [0.29, 0.717) is 19.0 Å². The molecule has 0 saturated carbocycles. The number of hydrogen-bond donors (Lipinski definition) is 1. The molecule has 104 valence electrons. The van der Waals surface area contributed by atoms with E-state index in [9.17, 15) is 0 Å². The first-order chi connectivity index (χ1) is 9.69. The van der Waals surface area contributed by atoms with Gasteiger partial charge in [-0.15, -0.1) is 0 Å². The van der Waals surface area contributed by atoms with Crippen LogP contribution in [0.5, 0.6) is 0 Å². The van der Waals surface area contributed by atoms with Gasteiger partial charge >= 0.3 is 0 Å². The van der Waals surface area contributed by atoms with Crippen molar-refractivity contribution in [3.8, 4) is 0 Å². The van der Waals surface area contributed by atoms with Gasteiger partial charge in [0.1, 0.15) is 6.54 Å². The summed E-state index contributed by atoms with van der Waals surface area (Å²) in [6, 6.07) is 8.23. The molecule has 3 aromatic rings. The molecule has 0 radical (unpaired) electrons. The lowest BCUT2D eigenvalue weighted by atomic mass is 10.1. The molecular formula is C15H18N4O. The van der Waals surface area contributed by atoms with Gasteiger partial charge in [0.2, 0.25) is 5.89 Å². The summed E-state index contributed by atoms with van der Waals surface area (Å²) in [7, 11) is 0. The first-order valence-corrected chi connectivity index (χ1v) is 6.78. The predicted octanol–water partition coefficient (Wildman–Crippen LogP) is 2.65. The molecule has 0 aliphatic heterocycles. The van der Waals surface area contributed by atoms with E-state index >= 15 is 0 Å². The molecule has 0 spiro atoms. The van der Waals surface area contributed by atoms with Crippen molar-refractivity contribution in [1.82, 2.24) is 14.7 Å². The number of nitrogens with zero attached hydrogens (tertiary/aromatic N) is 3. The zero-order valence-electron chi connectivity index (χ0n) is 11.7. The number of aromatic nitrogens is 3. The fraction of sp³-hybridized carbons (Fsp3) is 0.333. The van der Waals surface area contributed by atoms with Crippen LogP contribution in [-0.2, 0) is 13.1 Å². The van der Waals surface area contributed by atoms with Crippen molar-refractivity contribution in [2.75, 3.05) is 0 Å². The summed E-state index contributed by atoms with van der Waals surface area (Å²) in [5.74, 6) is 1.65. The molecule has 2 N–H and O–H groups in total. The standard InChI is InChI=1S/C15H18N4O/c1-10(2)15-17-14(20-18-15)9-19-7-6-12-11(8-16)4-3-5-13(12)19/h3-7,10H,8-9,16H2,1-2H3. The third kappa shape index (κ3) is 2.20. The Kier molecular flexibility index (Phi) is 3.28. The molecule has 0 unspecified atom stereocenters. The zero-order valence-corrected chi connectivity index (χ0v) is 11.7. The van der Waals surface area contributed by atoms with Gasteiger partial charge in [0.15, 0.2) is 5.82 Å². The summed E-state index contributed by atoms with van der Waals surface area (Å²) < 4.78 is 7.40. The van der Waals surface area contributed by atoms with Crippen molar-refractivity contribution in [3.05, 3.63) is 47.7 Å². The highest BCUT2D eigenvalue weighted by Crippen LogP contribution is 2.21. The predicted molar refractivity (Wildman–Crippen MR) is 77.3 cm³/mol. The molecule has 0 saturated heterocycles. The molecule has 2 heterocycles.